The highest BCUT2D eigenvalue weighted by molar-refractivity contribution is 9.10. The second-order valence-electron chi connectivity index (χ2n) is 4.49. The van der Waals surface area contributed by atoms with Crippen molar-refractivity contribution in [3.05, 3.63) is 58.6 Å². The first kappa shape index (κ1) is 16.9. The Balaban J connectivity index is 1.89. The molecule has 0 aliphatic carbocycles. The Morgan fingerprint density at radius 3 is 2.70 bits per heavy atom. The van der Waals surface area contributed by atoms with Crippen molar-refractivity contribution in [3.63, 3.8) is 0 Å². The predicted molar refractivity (Wildman–Crippen MR) is 84.0 cm³/mol. The minimum Gasteiger partial charge on any atom is -0.480 e. The third kappa shape index (κ3) is 4.75. The summed E-state index contributed by atoms with van der Waals surface area (Å²) in [5, 5.41) is 0. The summed E-state index contributed by atoms with van der Waals surface area (Å²) in [6, 6.07) is 8.68. The molecular formula is C15H13BrFN3O3. The standard InChI is InChI=1S/C15H13BrFN3O3/c1-9(23-13-6-5-10(17)8-11(13)16)14(21)19-20-15(22)12-4-2-3-7-18-12/h2-9H,1H3,(H,19,21)(H,20,22). The van der Waals surface area contributed by atoms with Crippen LogP contribution in [0.15, 0.2) is 47.1 Å². The van der Waals surface area contributed by atoms with Crippen LogP contribution in [-0.2, 0) is 4.79 Å². The largest absolute Gasteiger partial charge is 0.480 e. The fourth-order valence-electron chi connectivity index (χ4n) is 1.60. The molecule has 0 radical (unpaired) electrons. The number of carbonyl (C=O) groups excluding carboxylic acids is 2. The Hall–Kier alpha value is -2.48. The van der Waals surface area contributed by atoms with Gasteiger partial charge in [-0.25, -0.2) is 4.39 Å². The van der Waals surface area contributed by atoms with E-state index >= 15 is 0 Å². The van der Waals surface area contributed by atoms with Crippen LogP contribution in [0, 0.1) is 5.82 Å². The summed E-state index contributed by atoms with van der Waals surface area (Å²) >= 11 is 3.14. The predicted octanol–water partition coefficient (Wildman–Crippen LogP) is 2.21. The maximum absolute atomic E-state index is 13.0. The van der Waals surface area contributed by atoms with Gasteiger partial charge in [-0.3, -0.25) is 25.4 Å². The maximum Gasteiger partial charge on any atom is 0.288 e. The highest BCUT2D eigenvalue weighted by atomic mass is 79.9. The van der Waals surface area contributed by atoms with Crippen molar-refractivity contribution >= 4 is 27.7 Å². The van der Waals surface area contributed by atoms with E-state index in [0.29, 0.717) is 10.2 Å². The number of nitrogens with zero attached hydrogens (tertiary/aromatic N) is 1. The molecule has 0 spiro atoms. The van der Waals surface area contributed by atoms with Crippen LogP contribution in [0.3, 0.4) is 0 Å². The number of hydrazine groups is 1. The number of halogens is 2. The van der Waals surface area contributed by atoms with E-state index in [-0.39, 0.29) is 5.69 Å². The number of amides is 2. The summed E-state index contributed by atoms with van der Waals surface area (Å²) in [4.78, 5) is 27.5. The Kier molecular flexibility index (Phi) is 5.64. The summed E-state index contributed by atoms with van der Waals surface area (Å²) in [5.74, 6) is -1.23. The van der Waals surface area contributed by atoms with Crippen LogP contribution in [0.2, 0.25) is 0 Å². The van der Waals surface area contributed by atoms with Crippen molar-refractivity contribution in [1.29, 1.82) is 0 Å². The van der Waals surface area contributed by atoms with Gasteiger partial charge in [0.2, 0.25) is 0 Å². The number of nitrogens with one attached hydrogen (secondary N) is 2. The van der Waals surface area contributed by atoms with Crippen molar-refractivity contribution in [2.24, 2.45) is 0 Å². The van der Waals surface area contributed by atoms with Gasteiger partial charge < -0.3 is 4.74 Å². The number of hydrogen-bond donors (Lipinski definition) is 2. The zero-order chi connectivity index (χ0) is 16.8. The lowest BCUT2D eigenvalue weighted by Gasteiger charge is -2.16. The van der Waals surface area contributed by atoms with Gasteiger partial charge in [-0.05, 0) is 53.2 Å². The van der Waals surface area contributed by atoms with Crippen molar-refractivity contribution in [2.45, 2.75) is 13.0 Å². The molecule has 1 heterocycles. The van der Waals surface area contributed by atoms with E-state index in [1.807, 2.05) is 0 Å². The quantitative estimate of drug-likeness (QED) is 0.795. The summed E-state index contributed by atoms with van der Waals surface area (Å²) in [6.45, 7) is 1.50. The van der Waals surface area contributed by atoms with Crippen molar-refractivity contribution in [3.8, 4) is 5.75 Å². The lowest BCUT2D eigenvalue weighted by molar-refractivity contribution is -0.128. The Morgan fingerprint density at radius 1 is 1.26 bits per heavy atom. The minimum atomic E-state index is -0.902. The third-order valence-electron chi connectivity index (χ3n) is 2.76. The normalized spacial score (nSPS) is 11.4. The first-order chi connectivity index (χ1) is 11.0. The van der Waals surface area contributed by atoms with Gasteiger partial charge in [0.25, 0.3) is 11.8 Å². The topological polar surface area (TPSA) is 80.3 Å². The van der Waals surface area contributed by atoms with Crippen LogP contribution in [-0.4, -0.2) is 22.9 Å². The number of hydrogen-bond acceptors (Lipinski definition) is 4. The maximum atomic E-state index is 13.0. The molecule has 120 valence electrons. The zero-order valence-electron chi connectivity index (χ0n) is 12.0. The van der Waals surface area contributed by atoms with E-state index in [1.165, 1.54) is 37.4 Å². The van der Waals surface area contributed by atoms with Gasteiger partial charge in [-0.1, -0.05) is 6.07 Å². The second-order valence-corrected chi connectivity index (χ2v) is 5.35. The minimum absolute atomic E-state index is 0.169. The number of pyridine rings is 1. The van der Waals surface area contributed by atoms with Gasteiger partial charge in [0.15, 0.2) is 6.10 Å². The van der Waals surface area contributed by atoms with Crippen LogP contribution in [0.1, 0.15) is 17.4 Å². The summed E-state index contributed by atoms with van der Waals surface area (Å²) in [5.41, 5.74) is 4.64. The molecule has 1 aromatic heterocycles. The molecule has 2 rings (SSSR count). The van der Waals surface area contributed by atoms with Crippen LogP contribution in [0.5, 0.6) is 5.75 Å². The van der Waals surface area contributed by atoms with E-state index in [0.717, 1.165) is 0 Å². The molecular weight excluding hydrogens is 369 g/mol. The average molecular weight is 382 g/mol. The molecule has 0 saturated heterocycles. The first-order valence-corrected chi connectivity index (χ1v) is 7.39. The molecule has 0 aliphatic heterocycles. The average Bonchev–Trinajstić information content (AvgIpc) is 2.55. The van der Waals surface area contributed by atoms with E-state index in [2.05, 4.69) is 31.8 Å². The van der Waals surface area contributed by atoms with Crippen LogP contribution < -0.4 is 15.6 Å². The SMILES string of the molecule is CC(Oc1ccc(F)cc1Br)C(=O)NNC(=O)c1ccccn1. The number of carbonyl (C=O) groups is 2. The number of rotatable bonds is 4. The molecule has 2 N–H and O–H groups in total. The first-order valence-electron chi connectivity index (χ1n) is 6.60. The summed E-state index contributed by atoms with van der Waals surface area (Å²) < 4.78 is 18.8. The fraction of sp³-hybridized carbons (Fsp3) is 0.133. The fourth-order valence-corrected chi connectivity index (χ4v) is 2.04. The molecule has 1 aromatic carbocycles. The smallest absolute Gasteiger partial charge is 0.288 e. The molecule has 2 aromatic rings. The monoisotopic (exact) mass is 381 g/mol. The molecule has 0 saturated carbocycles. The molecule has 0 fully saturated rings. The molecule has 0 bridgehead atoms. The molecule has 0 aliphatic rings. The molecule has 23 heavy (non-hydrogen) atoms. The highest BCUT2D eigenvalue weighted by Crippen LogP contribution is 2.26. The summed E-state index contributed by atoms with van der Waals surface area (Å²) in [6.07, 6.45) is 0.565. The molecule has 6 nitrogen and oxygen atoms in total. The number of aromatic nitrogens is 1. The van der Waals surface area contributed by atoms with Crippen LogP contribution in [0.25, 0.3) is 0 Å². The van der Waals surface area contributed by atoms with Gasteiger partial charge in [0, 0.05) is 6.20 Å². The lowest BCUT2D eigenvalue weighted by Crippen LogP contribution is -2.47. The number of ether oxygens (including phenoxy) is 1. The van der Waals surface area contributed by atoms with E-state index in [9.17, 15) is 14.0 Å². The molecule has 8 heteroatoms. The Morgan fingerprint density at radius 2 is 2.04 bits per heavy atom. The Labute approximate surface area is 140 Å². The third-order valence-corrected chi connectivity index (χ3v) is 3.38. The van der Waals surface area contributed by atoms with Gasteiger partial charge in [-0.15, -0.1) is 0 Å². The van der Waals surface area contributed by atoms with Gasteiger partial charge >= 0.3 is 0 Å². The van der Waals surface area contributed by atoms with Gasteiger partial charge in [-0.2, -0.15) is 0 Å². The molecule has 2 amide bonds. The highest BCUT2D eigenvalue weighted by Gasteiger charge is 2.17. The van der Waals surface area contributed by atoms with E-state index < -0.39 is 23.7 Å². The van der Waals surface area contributed by atoms with Crippen LogP contribution in [0.4, 0.5) is 4.39 Å². The van der Waals surface area contributed by atoms with E-state index in [4.69, 9.17) is 4.74 Å². The summed E-state index contributed by atoms with van der Waals surface area (Å²) in [7, 11) is 0. The van der Waals surface area contributed by atoms with Crippen molar-refractivity contribution in [2.75, 3.05) is 0 Å². The van der Waals surface area contributed by atoms with Crippen LogP contribution >= 0.6 is 15.9 Å². The Bertz CT molecular complexity index is 712. The second kappa shape index (κ2) is 7.68. The molecule has 1 unspecified atom stereocenters. The lowest BCUT2D eigenvalue weighted by atomic mass is 10.3. The van der Waals surface area contributed by atoms with Crippen molar-refractivity contribution in [1.82, 2.24) is 15.8 Å². The zero-order valence-corrected chi connectivity index (χ0v) is 13.6. The van der Waals surface area contributed by atoms with Gasteiger partial charge in [0.05, 0.1) is 4.47 Å². The number of benzene rings is 1. The molecule has 1 atom stereocenters. The van der Waals surface area contributed by atoms with Crippen molar-refractivity contribution < 1.29 is 18.7 Å². The van der Waals surface area contributed by atoms with Gasteiger partial charge in [0.1, 0.15) is 17.3 Å². The van der Waals surface area contributed by atoms with E-state index in [1.54, 1.807) is 12.1 Å².